The number of amides is 1. The molecule has 7 nitrogen and oxygen atoms in total. The van der Waals surface area contributed by atoms with Gasteiger partial charge in [0.1, 0.15) is 17.1 Å². The second kappa shape index (κ2) is 6.12. The van der Waals surface area contributed by atoms with Crippen LogP contribution in [0.5, 0.6) is 0 Å². The summed E-state index contributed by atoms with van der Waals surface area (Å²) in [6, 6.07) is -0.215. The highest BCUT2D eigenvalue weighted by Crippen LogP contribution is 2.37. The van der Waals surface area contributed by atoms with Crippen LogP contribution >= 0.6 is 11.8 Å². The maximum Gasteiger partial charge on any atom is 0.416 e. The van der Waals surface area contributed by atoms with Gasteiger partial charge in [0.15, 0.2) is 5.17 Å². The highest BCUT2D eigenvalue weighted by molar-refractivity contribution is 8.14. The van der Waals surface area contributed by atoms with E-state index in [1.54, 1.807) is 27.8 Å². The Bertz CT molecular complexity index is 437. The van der Waals surface area contributed by atoms with Crippen LogP contribution in [-0.2, 0) is 9.47 Å². The summed E-state index contributed by atoms with van der Waals surface area (Å²) in [7, 11) is 1.59. The highest BCUT2D eigenvalue weighted by atomic mass is 32.2. The molecule has 0 aromatic heterocycles. The van der Waals surface area contributed by atoms with Crippen LogP contribution in [0.25, 0.3) is 0 Å². The lowest BCUT2D eigenvalue weighted by Crippen LogP contribution is -2.45. The van der Waals surface area contributed by atoms with Gasteiger partial charge in [-0.2, -0.15) is 0 Å². The maximum atomic E-state index is 12.0. The number of hydrogen-bond donors (Lipinski definition) is 2. The Morgan fingerprint density at radius 3 is 2.81 bits per heavy atom. The molecule has 2 aliphatic heterocycles. The Morgan fingerprint density at radius 1 is 1.57 bits per heavy atom. The van der Waals surface area contributed by atoms with Crippen LogP contribution in [0.2, 0.25) is 0 Å². The molecule has 120 valence electrons. The van der Waals surface area contributed by atoms with Crippen molar-refractivity contribution in [1.82, 2.24) is 4.90 Å². The third kappa shape index (κ3) is 3.88. The minimum absolute atomic E-state index is 0.215. The first-order valence-corrected chi connectivity index (χ1v) is 7.75. The first kappa shape index (κ1) is 16.5. The lowest BCUT2D eigenvalue weighted by atomic mass is 10.0. The molecule has 0 aromatic rings. The monoisotopic (exact) mass is 318 g/mol. The van der Waals surface area contributed by atoms with Gasteiger partial charge in [-0.3, -0.25) is 9.89 Å². The summed E-state index contributed by atoms with van der Waals surface area (Å²) in [5, 5.41) is 19.5. The summed E-state index contributed by atoms with van der Waals surface area (Å²) in [6.45, 7) is 5.16. The van der Waals surface area contributed by atoms with Gasteiger partial charge in [0.05, 0.1) is 18.8 Å². The van der Waals surface area contributed by atoms with E-state index in [2.05, 4.69) is 4.99 Å². The zero-order valence-electron chi connectivity index (χ0n) is 12.6. The number of hydrogen-bond acceptors (Lipinski definition) is 7. The third-order valence-electron chi connectivity index (χ3n) is 3.17. The lowest BCUT2D eigenvalue weighted by Gasteiger charge is -2.33. The molecular weight excluding hydrogens is 296 g/mol. The number of rotatable bonds is 1. The Hall–Kier alpha value is -0.830. The van der Waals surface area contributed by atoms with Crippen molar-refractivity contribution < 1.29 is 24.5 Å². The van der Waals surface area contributed by atoms with E-state index in [0.29, 0.717) is 11.6 Å². The topological polar surface area (TPSA) is 91.6 Å². The number of aliphatic imine (C=N–C) groups is 1. The van der Waals surface area contributed by atoms with E-state index in [1.165, 1.54) is 16.7 Å². The first-order chi connectivity index (χ1) is 9.71. The van der Waals surface area contributed by atoms with E-state index in [9.17, 15) is 9.90 Å². The summed E-state index contributed by atoms with van der Waals surface area (Å²) in [4.78, 5) is 17.8. The molecule has 0 radical (unpaired) electrons. The molecule has 0 saturated carbocycles. The summed E-state index contributed by atoms with van der Waals surface area (Å²) in [5.74, 6) is 0. The van der Waals surface area contributed by atoms with Crippen LogP contribution in [-0.4, -0.2) is 69.3 Å². The standard InChI is InChI=1S/C13H22N2O5S/c1-13(2,3)20-12(18)15(4)11-14-7-5-8(17)9(6-16)19-10(7)21-11/h7-10,16-17H,5-6H2,1-4H3/t7-,8+,9-,10-/m1/s1. The Balaban J connectivity index is 2.00. The van der Waals surface area contributed by atoms with E-state index in [-0.39, 0.29) is 18.1 Å². The molecule has 4 atom stereocenters. The van der Waals surface area contributed by atoms with Crippen LogP contribution < -0.4 is 0 Å². The van der Waals surface area contributed by atoms with Gasteiger partial charge in [0.25, 0.3) is 0 Å². The summed E-state index contributed by atoms with van der Waals surface area (Å²) < 4.78 is 10.9. The van der Waals surface area contributed by atoms with Gasteiger partial charge < -0.3 is 19.7 Å². The number of fused-ring (bicyclic) bond motifs is 1. The number of nitrogens with zero attached hydrogens (tertiary/aromatic N) is 2. The SMILES string of the molecule is CN(C(=O)OC(C)(C)C)C1=N[C@@H]2C[C@H](O)[C@@H](CO)O[C@@H]2S1. The van der Waals surface area contributed by atoms with Crippen molar-refractivity contribution in [2.24, 2.45) is 4.99 Å². The number of carbonyl (C=O) groups excluding carboxylic acids is 1. The minimum Gasteiger partial charge on any atom is -0.443 e. The number of amidine groups is 1. The van der Waals surface area contributed by atoms with Crippen molar-refractivity contribution in [2.45, 2.75) is 56.5 Å². The molecule has 0 aromatic carbocycles. The molecule has 1 saturated heterocycles. The number of aliphatic hydroxyl groups excluding tert-OH is 2. The second-order valence-corrected chi connectivity index (χ2v) is 7.23. The molecule has 0 unspecified atom stereocenters. The predicted octanol–water partition coefficient (Wildman–Crippen LogP) is 0.793. The van der Waals surface area contributed by atoms with Crippen molar-refractivity contribution in [1.29, 1.82) is 0 Å². The van der Waals surface area contributed by atoms with Gasteiger partial charge in [-0.05, 0) is 20.8 Å². The van der Waals surface area contributed by atoms with Crippen LogP contribution in [0, 0.1) is 0 Å². The first-order valence-electron chi connectivity index (χ1n) is 6.87. The average Bonchev–Trinajstić information content (AvgIpc) is 2.77. The van der Waals surface area contributed by atoms with Crippen LogP contribution in [0.1, 0.15) is 27.2 Å². The Kier molecular flexibility index (Phi) is 4.82. The lowest BCUT2D eigenvalue weighted by molar-refractivity contribution is -0.111. The molecule has 1 amide bonds. The molecule has 8 heteroatoms. The van der Waals surface area contributed by atoms with Crippen molar-refractivity contribution in [3.05, 3.63) is 0 Å². The minimum atomic E-state index is -0.744. The fourth-order valence-electron chi connectivity index (χ4n) is 2.10. The molecule has 1 fully saturated rings. The van der Waals surface area contributed by atoms with E-state index in [1.807, 2.05) is 0 Å². The molecule has 2 N–H and O–H groups in total. The van der Waals surface area contributed by atoms with Gasteiger partial charge in [0.2, 0.25) is 0 Å². The van der Waals surface area contributed by atoms with Crippen LogP contribution in [0.15, 0.2) is 4.99 Å². The molecule has 0 spiro atoms. The summed E-state index contributed by atoms with van der Waals surface area (Å²) in [5.41, 5.74) is -0.859. The van der Waals surface area contributed by atoms with E-state index in [4.69, 9.17) is 14.6 Å². The molecule has 2 heterocycles. The smallest absolute Gasteiger partial charge is 0.416 e. The second-order valence-electron chi connectivity index (χ2n) is 6.16. The molecular formula is C13H22N2O5S. The van der Waals surface area contributed by atoms with E-state index < -0.39 is 23.9 Å². The third-order valence-corrected chi connectivity index (χ3v) is 4.41. The van der Waals surface area contributed by atoms with Crippen molar-refractivity contribution in [2.75, 3.05) is 13.7 Å². The zero-order chi connectivity index (χ0) is 15.8. The predicted molar refractivity (Wildman–Crippen MR) is 79.2 cm³/mol. The molecule has 0 bridgehead atoms. The largest absolute Gasteiger partial charge is 0.443 e. The van der Waals surface area contributed by atoms with Gasteiger partial charge in [-0.15, -0.1) is 0 Å². The summed E-state index contributed by atoms with van der Waals surface area (Å²) in [6.07, 6.45) is -1.41. The Labute approximate surface area is 128 Å². The van der Waals surface area contributed by atoms with Crippen molar-refractivity contribution >= 4 is 23.0 Å². The molecule has 2 aliphatic rings. The summed E-state index contributed by atoms with van der Waals surface area (Å²) >= 11 is 1.31. The highest BCUT2D eigenvalue weighted by Gasteiger charge is 2.43. The quantitative estimate of drug-likeness (QED) is 0.743. The van der Waals surface area contributed by atoms with E-state index in [0.717, 1.165) is 0 Å². The Morgan fingerprint density at radius 2 is 2.24 bits per heavy atom. The molecule has 0 aliphatic carbocycles. The number of carbonyl (C=O) groups is 1. The van der Waals surface area contributed by atoms with Crippen LogP contribution in [0.4, 0.5) is 4.79 Å². The average molecular weight is 318 g/mol. The van der Waals surface area contributed by atoms with Gasteiger partial charge in [-0.1, -0.05) is 11.8 Å². The van der Waals surface area contributed by atoms with Crippen LogP contribution in [0.3, 0.4) is 0 Å². The van der Waals surface area contributed by atoms with Crippen molar-refractivity contribution in [3.8, 4) is 0 Å². The fraction of sp³-hybridized carbons (Fsp3) is 0.846. The fourth-order valence-corrected chi connectivity index (χ4v) is 3.26. The normalized spacial score (nSPS) is 32.4. The van der Waals surface area contributed by atoms with Gasteiger partial charge >= 0.3 is 6.09 Å². The van der Waals surface area contributed by atoms with E-state index >= 15 is 0 Å². The van der Waals surface area contributed by atoms with Gasteiger partial charge in [0, 0.05) is 13.5 Å². The number of thioether (sulfide) groups is 1. The zero-order valence-corrected chi connectivity index (χ0v) is 13.5. The number of ether oxygens (including phenoxy) is 2. The van der Waals surface area contributed by atoms with Gasteiger partial charge in [-0.25, -0.2) is 4.79 Å². The maximum absolute atomic E-state index is 12.0. The number of aliphatic hydroxyl groups is 2. The molecule has 2 rings (SSSR count). The van der Waals surface area contributed by atoms with Crippen molar-refractivity contribution in [3.63, 3.8) is 0 Å². The molecule has 21 heavy (non-hydrogen) atoms.